The second-order valence-electron chi connectivity index (χ2n) is 6.84. The third-order valence-corrected chi connectivity index (χ3v) is 5.11. The fourth-order valence-corrected chi connectivity index (χ4v) is 3.47. The van der Waals surface area contributed by atoms with Crippen LogP contribution in [0.15, 0.2) is 41.6 Å². The topological polar surface area (TPSA) is 76.3 Å². The number of nitrogens with zero attached hydrogens (tertiary/aromatic N) is 6. The van der Waals surface area contributed by atoms with Gasteiger partial charge in [0, 0.05) is 51.9 Å². The molecule has 146 valence electrons. The Hall–Kier alpha value is -3.23. The minimum absolute atomic E-state index is 0.0111. The number of carbonyl (C=O) groups is 1. The summed E-state index contributed by atoms with van der Waals surface area (Å²) in [4.78, 5) is 33.2. The molecule has 0 N–H and O–H groups in total. The van der Waals surface area contributed by atoms with Gasteiger partial charge in [-0.3, -0.25) is 18.8 Å². The van der Waals surface area contributed by atoms with E-state index in [0.717, 1.165) is 5.69 Å². The van der Waals surface area contributed by atoms with Crippen molar-refractivity contribution in [1.82, 2.24) is 24.2 Å². The molecular weight excluding hydrogens is 363 g/mol. The van der Waals surface area contributed by atoms with Crippen molar-refractivity contribution >= 4 is 22.6 Å². The minimum Gasteiger partial charge on any atom is -0.368 e. The Morgan fingerprint density at radius 3 is 2.57 bits per heavy atom. The zero-order chi connectivity index (χ0) is 19.7. The molecule has 1 aliphatic rings. The number of aromatic nitrogens is 4. The molecule has 3 aromatic rings. The molecule has 0 radical (unpaired) electrons. The molecule has 1 amide bonds. The van der Waals surface area contributed by atoms with Crippen LogP contribution in [0.1, 0.15) is 6.42 Å². The number of aryl methyl sites for hydroxylation is 2. The van der Waals surface area contributed by atoms with Crippen molar-refractivity contribution in [2.75, 3.05) is 31.1 Å². The van der Waals surface area contributed by atoms with Gasteiger partial charge in [0.05, 0.1) is 12.5 Å². The van der Waals surface area contributed by atoms with Crippen molar-refractivity contribution in [3.8, 4) is 0 Å². The Labute approximate surface area is 160 Å². The molecule has 0 aliphatic carbocycles. The third kappa shape index (κ3) is 3.47. The number of hydrogen-bond donors (Lipinski definition) is 0. The molecule has 9 heteroatoms. The van der Waals surface area contributed by atoms with Crippen molar-refractivity contribution < 1.29 is 9.18 Å². The molecule has 1 saturated heterocycles. The maximum absolute atomic E-state index is 13.1. The van der Waals surface area contributed by atoms with E-state index in [-0.39, 0.29) is 30.2 Å². The Bertz CT molecular complexity index is 1050. The van der Waals surface area contributed by atoms with E-state index in [1.807, 2.05) is 0 Å². The van der Waals surface area contributed by atoms with Crippen LogP contribution in [0.3, 0.4) is 0 Å². The summed E-state index contributed by atoms with van der Waals surface area (Å²) in [5.41, 5.74) is 1.30. The summed E-state index contributed by atoms with van der Waals surface area (Å²) in [6.45, 7) is 2.88. The van der Waals surface area contributed by atoms with Crippen molar-refractivity contribution in [1.29, 1.82) is 0 Å². The van der Waals surface area contributed by atoms with E-state index < -0.39 is 0 Å². The van der Waals surface area contributed by atoms with Gasteiger partial charge >= 0.3 is 0 Å². The first-order chi connectivity index (χ1) is 13.5. The SMILES string of the molecule is Cn1ncc2c(=O)n(CCC(=O)N3CCN(c4ccc(F)cc4)CC3)cnc21. The van der Waals surface area contributed by atoms with Gasteiger partial charge in [-0.05, 0) is 24.3 Å². The van der Waals surface area contributed by atoms with Gasteiger partial charge in [-0.25, -0.2) is 9.37 Å². The number of benzene rings is 1. The van der Waals surface area contributed by atoms with E-state index >= 15 is 0 Å². The highest BCUT2D eigenvalue weighted by atomic mass is 19.1. The second-order valence-corrected chi connectivity index (χ2v) is 6.84. The van der Waals surface area contributed by atoms with Crippen LogP contribution in [0.5, 0.6) is 0 Å². The summed E-state index contributed by atoms with van der Waals surface area (Å²) in [6, 6.07) is 6.39. The molecule has 0 saturated carbocycles. The maximum atomic E-state index is 13.1. The highest BCUT2D eigenvalue weighted by Gasteiger charge is 2.21. The molecule has 1 fully saturated rings. The van der Waals surface area contributed by atoms with E-state index in [4.69, 9.17) is 0 Å². The van der Waals surface area contributed by atoms with Gasteiger partial charge in [0.1, 0.15) is 11.2 Å². The quantitative estimate of drug-likeness (QED) is 0.671. The van der Waals surface area contributed by atoms with Crippen molar-refractivity contribution in [3.05, 3.63) is 53.0 Å². The van der Waals surface area contributed by atoms with Crippen LogP contribution in [0, 0.1) is 5.82 Å². The van der Waals surface area contributed by atoms with Gasteiger partial charge in [-0.15, -0.1) is 0 Å². The highest BCUT2D eigenvalue weighted by Crippen LogP contribution is 2.17. The lowest BCUT2D eigenvalue weighted by molar-refractivity contribution is -0.131. The lowest BCUT2D eigenvalue weighted by atomic mass is 10.2. The average molecular weight is 384 g/mol. The molecule has 8 nitrogen and oxygen atoms in total. The van der Waals surface area contributed by atoms with Gasteiger partial charge in [0.2, 0.25) is 5.91 Å². The van der Waals surface area contributed by atoms with E-state index in [9.17, 15) is 14.0 Å². The summed E-state index contributed by atoms with van der Waals surface area (Å²) >= 11 is 0. The van der Waals surface area contributed by atoms with Gasteiger partial charge in [0.25, 0.3) is 5.56 Å². The number of fused-ring (bicyclic) bond motifs is 1. The van der Waals surface area contributed by atoms with Crippen LogP contribution in [0.2, 0.25) is 0 Å². The summed E-state index contributed by atoms with van der Waals surface area (Å²) in [5, 5.41) is 4.49. The minimum atomic E-state index is -0.258. The smallest absolute Gasteiger partial charge is 0.264 e. The first-order valence-corrected chi connectivity index (χ1v) is 9.18. The molecule has 1 aliphatic heterocycles. The number of piperazine rings is 1. The van der Waals surface area contributed by atoms with E-state index in [1.54, 1.807) is 28.8 Å². The Kier molecular flexibility index (Phi) is 4.81. The first kappa shape index (κ1) is 18.1. The van der Waals surface area contributed by atoms with E-state index in [2.05, 4.69) is 15.0 Å². The van der Waals surface area contributed by atoms with Crippen LogP contribution < -0.4 is 10.5 Å². The zero-order valence-corrected chi connectivity index (χ0v) is 15.6. The fraction of sp³-hybridized carbons (Fsp3) is 0.368. The van der Waals surface area contributed by atoms with E-state index in [0.29, 0.717) is 37.2 Å². The summed E-state index contributed by atoms with van der Waals surface area (Å²) < 4.78 is 16.1. The largest absolute Gasteiger partial charge is 0.368 e. The fourth-order valence-electron chi connectivity index (χ4n) is 3.47. The predicted octanol–water partition coefficient (Wildman–Crippen LogP) is 1.01. The van der Waals surface area contributed by atoms with Gasteiger partial charge < -0.3 is 9.80 Å². The Balaban J connectivity index is 1.34. The summed E-state index contributed by atoms with van der Waals surface area (Å²) in [6.07, 6.45) is 3.20. The molecule has 0 bridgehead atoms. The maximum Gasteiger partial charge on any atom is 0.264 e. The highest BCUT2D eigenvalue weighted by molar-refractivity contribution is 5.76. The van der Waals surface area contributed by atoms with Gasteiger partial charge in [-0.2, -0.15) is 5.10 Å². The third-order valence-electron chi connectivity index (χ3n) is 5.11. The van der Waals surface area contributed by atoms with Crippen LogP contribution in [-0.4, -0.2) is 56.3 Å². The summed E-state index contributed by atoms with van der Waals surface area (Å²) in [5.74, 6) is -0.247. The molecule has 4 rings (SSSR count). The lowest BCUT2D eigenvalue weighted by Gasteiger charge is -2.36. The second kappa shape index (κ2) is 7.41. The average Bonchev–Trinajstić information content (AvgIpc) is 3.10. The standard InChI is InChI=1S/C19H21FN6O2/c1-23-18-16(12-22-23)19(28)26(13-21-18)7-6-17(27)25-10-8-24(9-11-25)15-4-2-14(20)3-5-15/h2-5,12-13H,6-11H2,1H3. The monoisotopic (exact) mass is 384 g/mol. The molecule has 0 atom stereocenters. The Morgan fingerprint density at radius 1 is 1.14 bits per heavy atom. The lowest BCUT2D eigenvalue weighted by Crippen LogP contribution is -2.49. The van der Waals surface area contributed by atoms with Crippen LogP contribution in [-0.2, 0) is 18.4 Å². The Morgan fingerprint density at radius 2 is 1.86 bits per heavy atom. The predicted molar refractivity (Wildman–Crippen MR) is 103 cm³/mol. The summed E-state index contributed by atoms with van der Waals surface area (Å²) in [7, 11) is 1.73. The van der Waals surface area contributed by atoms with Crippen molar-refractivity contribution in [3.63, 3.8) is 0 Å². The molecule has 0 unspecified atom stereocenters. The number of halogens is 1. The number of amides is 1. The van der Waals surface area contributed by atoms with E-state index in [1.165, 1.54) is 29.2 Å². The number of rotatable bonds is 4. The number of anilines is 1. The van der Waals surface area contributed by atoms with Gasteiger partial charge in [-0.1, -0.05) is 0 Å². The molecule has 0 spiro atoms. The zero-order valence-electron chi connectivity index (χ0n) is 15.6. The molecule has 28 heavy (non-hydrogen) atoms. The van der Waals surface area contributed by atoms with Crippen molar-refractivity contribution in [2.45, 2.75) is 13.0 Å². The molecule has 3 heterocycles. The van der Waals surface area contributed by atoms with Crippen molar-refractivity contribution in [2.24, 2.45) is 7.05 Å². The molecule has 1 aromatic carbocycles. The first-order valence-electron chi connectivity index (χ1n) is 9.18. The molecule has 2 aromatic heterocycles. The number of carbonyl (C=O) groups excluding carboxylic acids is 1. The van der Waals surface area contributed by atoms with Crippen LogP contribution in [0.4, 0.5) is 10.1 Å². The van der Waals surface area contributed by atoms with Crippen LogP contribution >= 0.6 is 0 Å². The molecular formula is C19H21FN6O2. The normalized spacial score (nSPS) is 14.6. The van der Waals surface area contributed by atoms with Crippen LogP contribution in [0.25, 0.3) is 11.0 Å². The number of hydrogen-bond acceptors (Lipinski definition) is 5. The van der Waals surface area contributed by atoms with Gasteiger partial charge in [0.15, 0.2) is 5.65 Å².